The van der Waals surface area contributed by atoms with Crippen LogP contribution in [0.15, 0.2) is 53.0 Å². The normalized spacial score (nSPS) is 15.3. The Morgan fingerprint density at radius 2 is 1.73 bits per heavy atom. The molecule has 2 aromatic rings. The van der Waals surface area contributed by atoms with E-state index in [0.717, 1.165) is 10.0 Å². The molecular weight excluding hydrogens is 486 g/mol. The van der Waals surface area contributed by atoms with Crippen molar-refractivity contribution in [3.05, 3.63) is 64.1 Å². The topological polar surface area (TPSA) is 64.6 Å². The molecule has 1 fully saturated rings. The van der Waals surface area contributed by atoms with Gasteiger partial charge in [-0.1, -0.05) is 40.2 Å². The van der Waals surface area contributed by atoms with E-state index < -0.39 is 5.97 Å². The number of nitrogens with one attached hydrogen (secondary N) is 1. The number of esters is 1. The number of amides is 1. The lowest BCUT2D eigenvalue weighted by Gasteiger charge is -2.21. The van der Waals surface area contributed by atoms with E-state index in [1.54, 1.807) is 0 Å². The van der Waals surface area contributed by atoms with Gasteiger partial charge in [0.05, 0.1) is 10.6 Å². The summed E-state index contributed by atoms with van der Waals surface area (Å²) in [5, 5.41) is 2.81. The van der Waals surface area contributed by atoms with Crippen molar-refractivity contribution in [2.45, 2.75) is 24.0 Å². The largest absolute Gasteiger partial charge is 0.482 e. The summed E-state index contributed by atoms with van der Waals surface area (Å²) in [6.45, 7) is 1.31. The van der Waals surface area contributed by atoms with Gasteiger partial charge in [-0.15, -0.1) is 23.5 Å². The van der Waals surface area contributed by atoms with Crippen molar-refractivity contribution in [3.8, 4) is 5.75 Å². The second kappa shape index (κ2) is 11.7. The second-order valence-corrected chi connectivity index (χ2v) is 10.4. The molecule has 3 rings (SSSR count). The molecule has 1 aliphatic heterocycles. The molecule has 1 amide bonds. The zero-order valence-electron chi connectivity index (χ0n) is 16.6. The molecule has 1 atom stereocenters. The molecule has 1 saturated heterocycles. The molecule has 0 aliphatic carbocycles. The van der Waals surface area contributed by atoms with E-state index in [9.17, 15) is 9.59 Å². The molecular formula is C22H24BrNO4S2. The molecule has 8 heteroatoms. The third-order valence-corrected chi connectivity index (χ3v) is 7.99. The fourth-order valence-corrected chi connectivity index (χ4v) is 6.01. The van der Waals surface area contributed by atoms with Gasteiger partial charge in [-0.2, -0.15) is 0 Å². The van der Waals surface area contributed by atoms with Crippen LogP contribution in [0.25, 0.3) is 0 Å². The molecule has 1 heterocycles. The maximum absolute atomic E-state index is 12.0. The standard InChI is InChI=1S/C22H24BrNO4S2/c1-15(16-3-7-18(23)8-4-16)24-20(25)13-28-21(26)14-27-19-9-5-17(6-10-19)22-29-11-2-12-30-22/h3-10,15,22H,2,11-14H2,1H3,(H,24,25)/t15-/m0/s1. The van der Waals surface area contributed by atoms with Gasteiger partial charge in [-0.3, -0.25) is 4.79 Å². The van der Waals surface area contributed by atoms with E-state index in [2.05, 4.69) is 21.2 Å². The minimum Gasteiger partial charge on any atom is -0.482 e. The number of hydrogen-bond acceptors (Lipinski definition) is 6. The van der Waals surface area contributed by atoms with E-state index in [4.69, 9.17) is 9.47 Å². The molecule has 0 aromatic heterocycles. The summed E-state index contributed by atoms with van der Waals surface area (Å²) in [5.74, 6) is 2.05. The Morgan fingerprint density at radius 3 is 2.40 bits per heavy atom. The minimum absolute atomic E-state index is 0.181. The van der Waals surface area contributed by atoms with Crippen LogP contribution in [0.1, 0.15) is 35.1 Å². The van der Waals surface area contributed by atoms with Crippen molar-refractivity contribution >= 4 is 51.3 Å². The Bertz CT molecular complexity index is 839. The van der Waals surface area contributed by atoms with Crippen LogP contribution in [0, 0.1) is 0 Å². The average Bonchev–Trinajstić information content (AvgIpc) is 2.77. The molecule has 2 aromatic carbocycles. The summed E-state index contributed by atoms with van der Waals surface area (Å²) in [6, 6.07) is 15.3. The van der Waals surface area contributed by atoms with Gasteiger partial charge in [0.25, 0.3) is 5.91 Å². The fraction of sp³-hybridized carbons (Fsp3) is 0.364. The van der Waals surface area contributed by atoms with Crippen LogP contribution >= 0.6 is 39.5 Å². The number of benzene rings is 2. The van der Waals surface area contributed by atoms with Crippen molar-refractivity contribution < 1.29 is 19.1 Å². The second-order valence-electron chi connectivity index (χ2n) is 6.79. The quantitative estimate of drug-likeness (QED) is 0.498. The predicted octanol–water partition coefficient (Wildman–Crippen LogP) is 5.12. The molecule has 0 saturated carbocycles. The van der Waals surface area contributed by atoms with E-state index in [0.29, 0.717) is 10.3 Å². The molecule has 0 bridgehead atoms. The third kappa shape index (κ3) is 7.25. The maximum Gasteiger partial charge on any atom is 0.344 e. The summed E-state index contributed by atoms with van der Waals surface area (Å²) < 4.78 is 11.9. The fourth-order valence-electron chi connectivity index (χ4n) is 2.85. The van der Waals surface area contributed by atoms with Crippen molar-refractivity contribution in [1.82, 2.24) is 5.32 Å². The number of carbonyl (C=O) groups is 2. The predicted molar refractivity (Wildman–Crippen MR) is 126 cm³/mol. The highest BCUT2D eigenvalue weighted by Gasteiger charge is 2.17. The SMILES string of the molecule is C[C@H](NC(=O)COC(=O)COc1ccc(C2SCCCS2)cc1)c1ccc(Br)cc1. The molecule has 5 nitrogen and oxygen atoms in total. The Kier molecular flexibility index (Phi) is 8.96. The highest BCUT2D eigenvalue weighted by molar-refractivity contribution is 9.10. The first-order valence-corrected chi connectivity index (χ1v) is 12.6. The van der Waals surface area contributed by atoms with E-state index in [-0.39, 0.29) is 25.2 Å². The average molecular weight is 510 g/mol. The van der Waals surface area contributed by atoms with Gasteiger partial charge in [-0.05, 0) is 60.2 Å². The van der Waals surface area contributed by atoms with Gasteiger partial charge >= 0.3 is 5.97 Å². The first kappa shape index (κ1) is 23.0. The van der Waals surface area contributed by atoms with Crippen LogP contribution < -0.4 is 10.1 Å². The van der Waals surface area contributed by atoms with Crippen LogP contribution in [0.3, 0.4) is 0 Å². The van der Waals surface area contributed by atoms with Gasteiger partial charge in [0.1, 0.15) is 5.75 Å². The van der Waals surface area contributed by atoms with Gasteiger partial charge in [-0.25, -0.2) is 4.79 Å². The Morgan fingerprint density at radius 1 is 1.07 bits per heavy atom. The van der Waals surface area contributed by atoms with E-state index >= 15 is 0 Å². The highest BCUT2D eigenvalue weighted by atomic mass is 79.9. The highest BCUT2D eigenvalue weighted by Crippen LogP contribution is 2.43. The van der Waals surface area contributed by atoms with E-state index in [1.807, 2.05) is 79.0 Å². The zero-order chi connectivity index (χ0) is 21.3. The molecule has 0 radical (unpaired) electrons. The van der Waals surface area contributed by atoms with Crippen LogP contribution in [0.2, 0.25) is 0 Å². The molecule has 1 aliphatic rings. The summed E-state index contributed by atoms with van der Waals surface area (Å²) in [4.78, 5) is 23.9. The van der Waals surface area contributed by atoms with Gasteiger partial charge in [0.15, 0.2) is 13.2 Å². The molecule has 0 spiro atoms. The Hall–Kier alpha value is -1.64. The molecule has 160 valence electrons. The first-order chi connectivity index (χ1) is 14.5. The summed E-state index contributed by atoms with van der Waals surface area (Å²) in [6.07, 6.45) is 1.26. The van der Waals surface area contributed by atoms with Crippen molar-refractivity contribution in [3.63, 3.8) is 0 Å². The lowest BCUT2D eigenvalue weighted by Crippen LogP contribution is -2.31. The number of hydrogen-bond donors (Lipinski definition) is 1. The van der Waals surface area contributed by atoms with E-state index in [1.165, 1.54) is 23.5 Å². The van der Waals surface area contributed by atoms with Gasteiger partial charge in [0.2, 0.25) is 0 Å². The maximum atomic E-state index is 12.0. The van der Waals surface area contributed by atoms with Crippen LogP contribution in [-0.4, -0.2) is 36.6 Å². The third-order valence-electron chi connectivity index (χ3n) is 4.45. The first-order valence-electron chi connectivity index (χ1n) is 9.67. The molecule has 1 N–H and O–H groups in total. The number of thioether (sulfide) groups is 2. The van der Waals surface area contributed by atoms with Crippen LogP contribution in [-0.2, 0) is 14.3 Å². The van der Waals surface area contributed by atoms with Crippen LogP contribution in [0.4, 0.5) is 0 Å². The Labute approximate surface area is 193 Å². The smallest absolute Gasteiger partial charge is 0.344 e. The van der Waals surface area contributed by atoms with Crippen molar-refractivity contribution in [2.24, 2.45) is 0 Å². The lowest BCUT2D eigenvalue weighted by molar-refractivity contribution is -0.150. The molecule has 30 heavy (non-hydrogen) atoms. The summed E-state index contributed by atoms with van der Waals surface area (Å²) in [7, 11) is 0. The summed E-state index contributed by atoms with van der Waals surface area (Å²) >= 11 is 7.30. The van der Waals surface area contributed by atoms with Gasteiger partial charge < -0.3 is 14.8 Å². The Balaban J connectivity index is 1.37. The van der Waals surface area contributed by atoms with Crippen molar-refractivity contribution in [2.75, 3.05) is 24.7 Å². The monoisotopic (exact) mass is 509 g/mol. The number of rotatable bonds is 8. The number of carbonyl (C=O) groups excluding carboxylic acids is 2. The van der Waals surface area contributed by atoms with Crippen LogP contribution in [0.5, 0.6) is 5.75 Å². The minimum atomic E-state index is -0.580. The van der Waals surface area contributed by atoms with Gasteiger partial charge in [0, 0.05) is 4.47 Å². The lowest BCUT2D eigenvalue weighted by atomic mass is 10.1. The number of ether oxygens (including phenoxy) is 2. The summed E-state index contributed by atoms with van der Waals surface area (Å²) in [5.41, 5.74) is 2.23. The number of halogens is 1. The molecule has 0 unspecified atom stereocenters. The van der Waals surface area contributed by atoms with Crippen molar-refractivity contribution in [1.29, 1.82) is 0 Å². The zero-order valence-corrected chi connectivity index (χ0v) is 19.9.